The SMILES string of the molecule is COc1ccc(COc2cc(C)c(-c3cc4c(N[C@@H]5CC[C@H](NC(=O)O)C5)c(C(N)=Nc5cc(F)ccc5Cl)cnn4c3)cc2F)cc1. The van der Waals surface area contributed by atoms with E-state index in [9.17, 15) is 14.3 Å². The van der Waals surface area contributed by atoms with Crippen molar-refractivity contribution in [1.29, 1.82) is 0 Å². The number of halogens is 3. The molecule has 2 heterocycles. The number of nitrogens with zero attached hydrogens (tertiary/aromatic N) is 3. The standard InChI is InChI=1S/C35H33ClF2N6O4/c1-19-11-32(48-18-20-3-8-25(47-2)9-4-20)29(38)15-26(19)21-12-31-33(41-23-6-7-24(14-23)42-35(45)46)27(16-40-44(31)17-21)34(39)43-30-13-22(37)5-10-28(30)36/h3-5,8-13,15-17,23-24,41-42H,6-7,14,18H2,1-2H3,(H2,39,43)(H,45,46)/t23-,24+/m1/s1. The highest BCUT2D eigenvalue weighted by Gasteiger charge is 2.28. The molecule has 1 amide bonds. The lowest BCUT2D eigenvalue weighted by atomic mass is 10.0. The number of aromatic nitrogens is 2. The first kappa shape index (κ1) is 32.6. The minimum atomic E-state index is -1.08. The first-order chi connectivity index (χ1) is 23.1. The normalized spacial score (nSPS) is 16.2. The molecular formula is C35H33ClF2N6O4. The molecule has 0 radical (unpaired) electrons. The molecule has 1 aliphatic carbocycles. The molecule has 1 aliphatic rings. The van der Waals surface area contributed by atoms with Gasteiger partial charge < -0.3 is 30.9 Å². The van der Waals surface area contributed by atoms with Gasteiger partial charge in [0, 0.05) is 29.9 Å². The third-order valence-corrected chi connectivity index (χ3v) is 8.63. The number of nitrogens with one attached hydrogen (secondary N) is 2. The Morgan fingerprint density at radius 3 is 2.65 bits per heavy atom. The molecule has 248 valence electrons. The topological polar surface area (TPSA) is 136 Å². The number of methoxy groups -OCH3 is 1. The second kappa shape index (κ2) is 13.8. The van der Waals surface area contributed by atoms with Crippen molar-refractivity contribution in [2.75, 3.05) is 12.4 Å². The van der Waals surface area contributed by atoms with Crippen LogP contribution in [-0.4, -0.2) is 45.8 Å². The van der Waals surface area contributed by atoms with Crippen molar-refractivity contribution in [3.63, 3.8) is 0 Å². The Labute approximate surface area is 280 Å². The summed E-state index contributed by atoms with van der Waals surface area (Å²) in [6, 6.07) is 15.8. The molecule has 48 heavy (non-hydrogen) atoms. The van der Waals surface area contributed by atoms with Crippen molar-refractivity contribution in [2.24, 2.45) is 10.7 Å². The van der Waals surface area contributed by atoms with Gasteiger partial charge in [-0.05, 0) is 85.3 Å². The highest BCUT2D eigenvalue weighted by molar-refractivity contribution is 6.33. The zero-order chi connectivity index (χ0) is 33.9. The van der Waals surface area contributed by atoms with E-state index < -0.39 is 17.7 Å². The van der Waals surface area contributed by atoms with Crippen LogP contribution in [0.2, 0.25) is 5.02 Å². The molecule has 0 bridgehead atoms. The number of aliphatic imine (C=N–C) groups is 1. The number of anilines is 1. The summed E-state index contributed by atoms with van der Waals surface area (Å²) in [5.74, 6) is -0.140. The van der Waals surface area contributed by atoms with E-state index in [0.29, 0.717) is 47.2 Å². The number of hydrogen-bond acceptors (Lipinski definition) is 6. The number of rotatable bonds is 10. The second-order valence-electron chi connectivity index (χ2n) is 11.6. The van der Waals surface area contributed by atoms with E-state index in [0.717, 1.165) is 16.9 Å². The van der Waals surface area contributed by atoms with E-state index in [4.69, 9.17) is 26.8 Å². The molecule has 1 fully saturated rings. The molecule has 0 saturated heterocycles. The Morgan fingerprint density at radius 2 is 1.90 bits per heavy atom. The largest absolute Gasteiger partial charge is 0.497 e. The molecule has 1 saturated carbocycles. The summed E-state index contributed by atoms with van der Waals surface area (Å²) in [6.07, 6.45) is 4.14. The van der Waals surface area contributed by atoms with Crippen LogP contribution in [0.1, 0.15) is 36.0 Å². The molecular weight excluding hydrogens is 642 g/mol. The van der Waals surface area contributed by atoms with Crippen molar-refractivity contribution in [2.45, 2.75) is 44.9 Å². The predicted molar refractivity (Wildman–Crippen MR) is 181 cm³/mol. The molecule has 5 aromatic rings. The van der Waals surface area contributed by atoms with Crippen LogP contribution in [0.5, 0.6) is 11.5 Å². The number of benzene rings is 3. The van der Waals surface area contributed by atoms with Crippen LogP contribution in [0.15, 0.2) is 78.0 Å². The molecule has 10 nitrogen and oxygen atoms in total. The van der Waals surface area contributed by atoms with Crippen LogP contribution in [-0.2, 0) is 6.61 Å². The number of ether oxygens (including phenoxy) is 2. The Kier molecular flexibility index (Phi) is 9.35. The van der Waals surface area contributed by atoms with E-state index in [-0.39, 0.29) is 41.0 Å². The first-order valence-corrected chi connectivity index (χ1v) is 15.6. The van der Waals surface area contributed by atoms with E-state index in [1.165, 1.54) is 30.5 Å². The maximum atomic E-state index is 15.4. The average Bonchev–Trinajstić information content (AvgIpc) is 3.70. The molecule has 3 aromatic carbocycles. The van der Waals surface area contributed by atoms with Crippen LogP contribution in [0.25, 0.3) is 16.6 Å². The van der Waals surface area contributed by atoms with Crippen molar-refractivity contribution < 1.29 is 28.2 Å². The van der Waals surface area contributed by atoms with E-state index in [1.54, 1.807) is 23.9 Å². The molecule has 5 N–H and O–H groups in total. The second-order valence-corrected chi connectivity index (χ2v) is 12.0. The summed E-state index contributed by atoms with van der Waals surface area (Å²) in [4.78, 5) is 15.7. The molecule has 6 rings (SSSR count). The molecule has 0 aliphatic heterocycles. The van der Waals surface area contributed by atoms with Crippen LogP contribution in [0.3, 0.4) is 0 Å². The number of nitrogens with two attached hydrogens (primary N) is 1. The van der Waals surface area contributed by atoms with Crippen molar-refractivity contribution >= 4 is 40.4 Å². The minimum Gasteiger partial charge on any atom is -0.497 e. The van der Waals surface area contributed by atoms with Crippen LogP contribution < -0.4 is 25.8 Å². The number of carbonyl (C=O) groups is 1. The zero-order valence-corrected chi connectivity index (χ0v) is 26.9. The third-order valence-electron chi connectivity index (χ3n) is 8.31. The van der Waals surface area contributed by atoms with Crippen molar-refractivity contribution in [3.05, 3.63) is 106 Å². The van der Waals surface area contributed by atoms with Gasteiger partial charge in [0.05, 0.1) is 40.8 Å². The van der Waals surface area contributed by atoms with Crippen LogP contribution >= 0.6 is 11.6 Å². The molecule has 2 atom stereocenters. The lowest BCUT2D eigenvalue weighted by Gasteiger charge is -2.19. The lowest BCUT2D eigenvalue weighted by molar-refractivity contribution is 0.190. The Morgan fingerprint density at radius 1 is 1.12 bits per heavy atom. The molecule has 13 heteroatoms. The van der Waals surface area contributed by atoms with Gasteiger partial charge in [0.2, 0.25) is 0 Å². The summed E-state index contributed by atoms with van der Waals surface area (Å²) in [5, 5.41) is 20.1. The van der Waals surface area contributed by atoms with Gasteiger partial charge in [-0.25, -0.2) is 23.1 Å². The molecule has 0 spiro atoms. The van der Waals surface area contributed by atoms with Crippen molar-refractivity contribution in [3.8, 4) is 22.6 Å². The molecule has 2 aromatic heterocycles. The van der Waals surface area contributed by atoms with Gasteiger partial charge in [0.1, 0.15) is 24.0 Å². The molecule has 0 unspecified atom stereocenters. The fourth-order valence-electron chi connectivity index (χ4n) is 5.89. The van der Waals surface area contributed by atoms with E-state index in [1.807, 2.05) is 37.3 Å². The summed E-state index contributed by atoms with van der Waals surface area (Å²) in [6.45, 7) is 2.06. The Balaban J connectivity index is 1.35. The number of carboxylic acid groups (broad SMARTS) is 1. The van der Waals surface area contributed by atoms with Gasteiger partial charge in [0.25, 0.3) is 0 Å². The Hall–Kier alpha value is -5.36. The van der Waals surface area contributed by atoms with E-state index in [2.05, 4.69) is 20.7 Å². The number of amides is 1. The van der Waals surface area contributed by atoms with Crippen LogP contribution in [0.4, 0.5) is 25.0 Å². The van der Waals surface area contributed by atoms with E-state index >= 15 is 4.39 Å². The average molecular weight is 675 g/mol. The summed E-state index contributed by atoms with van der Waals surface area (Å²) in [5.41, 5.74) is 11.3. The summed E-state index contributed by atoms with van der Waals surface area (Å²) >= 11 is 6.27. The van der Waals surface area contributed by atoms with Gasteiger partial charge in [-0.3, -0.25) is 0 Å². The first-order valence-electron chi connectivity index (χ1n) is 15.2. The van der Waals surface area contributed by atoms with Gasteiger partial charge in [0.15, 0.2) is 11.6 Å². The quantitative estimate of drug-likeness (QED) is 0.0892. The highest BCUT2D eigenvalue weighted by atomic mass is 35.5. The predicted octanol–water partition coefficient (Wildman–Crippen LogP) is 7.47. The number of amidine groups is 1. The van der Waals surface area contributed by atoms with Crippen molar-refractivity contribution in [1.82, 2.24) is 14.9 Å². The zero-order valence-electron chi connectivity index (χ0n) is 26.1. The lowest BCUT2D eigenvalue weighted by Crippen LogP contribution is -2.32. The van der Waals surface area contributed by atoms with Gasteiger partial charge >= 0.3 is 6.09 Å². The Bertz CT molecular complexity index is 2020. The van der Waals surface area contributed by atoms with Gasteiger partial charge in [-0.2, -0.15) is 5.10 Å². The maximum absolute atomic E-state index is 15.4. The summed E-state index contributed by atoms with van der Waals surface area (Å²) in [7, 11) is 1.59. The fraction of sp³-hybridized carbons (Fsp3) is 0.229. The van der Waals surface area contributed by atoms with Crippen LogP contribution in [0, 0.1) is 18.6 Å². The van der Waals surface area contributed by atoms with Gasteiger partial charge in [-0.15, -0.1) is 0 Å². The minimum absolute atomic E-state index is 0.0431. The smallest absolute Gasteiger partial charge is 0.404 e. The number of aryl methyl sites for hydroxylation is 1. The number of hydrogen-bond donors (Lipinski definition) is 4. The van der Waals surface area contributed by atoms with Gasteiger partial charge in [-0.1, -0.05) is 23.7 Å². The summed E-state index contributed by atoms with van der Waals surface area (Å²) < 4.78 is 42.1. The number of fused-ring (bicyclic) bond motifs is 1. The monoisotopic (exact) mass is 674 g/mol. The maximum Gasteiger partial charge on any atom is 0.404 e. The fourth-order valence-corrected chi connectivity index (χ4v) is 6.05. The highest BCUT2D eigenvalue weighted by Crippen LogP contribution is 2.35. The third kappa shape index (κ3) is 7.13.